The van der Waals surface area contributed by atoms with Crippen LogP contribution < -0.4 is 5.32 Å². The van der Waals surface area contributed by atoms with Gasteiger partial charge in [0.05, 0.1) is 29.7 Å². The number of benzene rings is 2. The highest BCUT2D eigenvalue weighted by Crippen LogP contribution is 2.18. The predicted molar refractivity (Wildman–Crippen MR) is 127 cm³/mol. The summed E-state index contributed by atoms with van der Waals surface area (Å²) < 4.78 is 3.11. The van der Waals surface area contributed by atoms with Gasteiger partial charge < -0.3 is 14.8 Å². The van der Waals surface area contributed by atoms with Crippen LogP contribution in [0.15, 0.2) is 65.5 Å². The first-order valence-corrected chi connectivity index (χ1v) is 11.7. The van der Waals surface area contributed by atoms with E-state index in [-0.39, 0.29) is 11.9 Å². The summed E-state index contributed by atoms with van der Waals surface area (Å²) in [5.74, 6) is 0.167. The highest BCUT2D eigenvalue weighted by Gasteiger charge is 2.26. The number of carbonyl (C=O) groups excluding carboxylic acids is 1. The van der Waals surface area contributed by atoms with Crippen LogP contribution in [0, 0.1) is 11.3 Å². The molecule has 2 aromatic carbocycles. The average molecular weight is 492 g/mol. The zero-order valence-electron chi connectivity index (χ0n) is 17.9. The van der Waals surface area contributed by atoms with E-state index in [2.05, 4.69) is 49.0 Å². The Morgan fingerprint density at radius 3 is 2.75 bits per heavy atom. The first kappa shape index (κ1) is 22.3. The quantitative estimate of drug-likeness (QED) is 0.536. The minimum atomic E-state index is -0.192. The largest absolute Gasteiger partial charge is 0.337 e. The molecule has 1 aromatic heterocycles. The normalized spacial score (nSPS) is 16.6. The molecule has 0 saturated carbocycles. The molecule has 1 N–H and O–H groups in total. The Balaban J connectivity index is 1.39. The third kappa shape index (κ3) is 5.64. The van der Waals surface area contributed by atoms with Gasteiger partial charge in [-0.05, 0) is 54.7 Å². The summed E-state index contributed by atoms with van der Waals surface area (Å²) >= 11 is 3.52. The lowest BCUT2D eigenvalue weighted by Gasteiger charge is -2.25. The van der Waals surface area contributed by atoms with E-state index in [1.807, 2.05) is 53.8 Å². The molecule has 32 heavy (non-hydrogen) atoms. The maximum Gasteiger partial charge on any atom is 0.240 e. The molecule has 2 heterocycles. The number of nitrogens with zero attached hydrogens (tertiary/aromatic N) is 4. The van der Waals surface area contributed by atoms with Crippen LogP contribution in [0.3, 0.4) is 0 Å². The molecule has 1 atom stereocenters. The zero-order chi connectivity index (χ0) is 22.3. The summed E-state index contributed by atoms with van der Waals surface area (Å²) in [5, 5.41) is 12.5. The fourth-order valence-electron chi connectivity index (χ4n) is 4.05. The lowest BCUT2D eigenvalue weighted by Crippen LogP contribution is -2.44. The van der Waals surface area contributed by atoms with Gasteiger partial charge in [-0.15, -0.1) is 0 Å². The van der Waals surface area contributed by atoms with Gasteiger partial charge in [-0.1, -0.05) is 40.2 Å². The molecule has 0 spiro atoms. The first-order valence-electron chi connectivity index (χ1n) is 10.9. The third-order valence-electron chi connectivity index (χ3n) is 5.81. The number of halogens is 1. The van der Waals surface area contributed by atoms with Gasteiger partial charge in [-0.2, -0.15) is 5.26 Å². The molecule has 0 bridgehead atoms. The van der Waals surface area contributed by atoms with E-state index in [0.29, 0.717) is 25.2 Å². The van der Waals surface area contributed by atoms with Crippen molar-refractivity contribution >= 4 is 21.8 Å². The van der Waals surface area contributed by atoms with E-state index in [0.717, 1.165) is 47.1 Å². The van der Waals surface area contributed by atoms with Crippen molar-refractivity contribution in [1.82, 2.24) is 19.8 Å². The standard InChI is InChI=1S/C25H26BrN5O/c26-22-5-3-4-21(12-22)17-30-11-2-1-6-24(25(30)32)29-15-23-14-28-18-31(23)16-20-9-7-19(13-27)8-10-20/h3-5,7-10,12,14,18,24,29H,1-2,6,11,15-17H2/t24-/m0/s1. The fourth-order valence-corrected chi connectivity index (χ4v) is 4.50. The van der Waals surface area contributed by atoms with Crippen LogP contribution in [-0.2, 0) is 24.4 Å². The molecule has 1 fully saturated rings. The van der Waals surface area contributed by atoms with Gasteiger partial charge in [0.25, 0.3) is 0 Å². The second-order valence-corrected chi connectivity index (χ2v) is 9.06. The highest BCUT2D eigenvalue weighted by atomic mass is 79.9. The Kier molecular flexibility index (Phi) is 7.35. The Hall–Kier alpha value is -2.95. The molecule has 164 valence electrons. The third-order valence-corrected chi connectivity index (χ3v) is 6.30. The number of aromatic nitrogens is 2. The van der Waals surface area contributed by atoms with Crippen molar-refractivity contribution < 1.29 is 4.79 Å². The zero-order valence-corrected chi connectivity index (χ0v) is 19.5. The van der Waals surface area contributed by atoms with E-state index < -0.39 is 0 Å². The summed E-state index contributed by atoms with van der Waals surface area (Å²) in [6.45, 7) is 2.68. The first-order chi connectivity index (χ1) is 15.6. The topological polar surface area (TPSA) is 74.0 Å². The van der Waals surface area contributed by atoms with Crippen LogP contribution in [0.5, 0.6) is 0 Å². The highest BCUT2D eigenvalue weighted by molar-refractivity contribution is 9.10. The van der Waals surface area contributed by atoms with Gasteiger partial charge in [0, 0.05) is 36.8 Å². The van der Waals surface area contributed by atoms with E-state index in [9.17, 15) is 4.79 Å². The lowest BCUT2D eigenvalue weighted by atomic mass is 10.1. The predicted octanol–water partition coefficient (Wildman–Crippen LogP) is 4.24. The van der Waals surface area contributed by atoms with Crippen molar-refractivity contribution in [1.29, 1.82) is 5.26 Å². The Bertz CT molecular complexity index is 1100. The molecule has 1 amide bonds. The van der Waals surface area contributed by atoms with Gasteiger partial charge in [0.1, 0.15) is 0 Å². The van der Waals surface area contributed by atoms with Crippen molar-refractivity contribution in [2.45, 2.75) is 44.9 Å². The van der Waals surface area contributed by atoms with Crippen molar-refractivity contribution in [3.63, 3.8) is 0 Å². The number of nitriles is 1. The number of hydrogen-bond acceptors (Lipinski definition) is 4. The number of nitrogens with one attached hydrogen (secondary N) is 1. The molecule has 1 aliphatic rings. The van der Waals surface area contributed by atoms with Crippen LogP contribution in [0.2, 0.25) is 0 Å². The molecule has 7 heteroatoms. The van der Waals surface area contributed by atoms with Crippen LogP contribution in [-0.4, -0.2) is 32.9 Å². The molecule has 0 unspecified atom stereocenters. The summed E-state index contributed by atoms with van der Waals surface area (Å²) in [5.41, 5.74) is 3.92. The van der Waals surface area contributed by atoms with Crippen molar-refractivity contribution in [3.05, 3.63) is 87.9 Å². The van der Waals surface area contributed by atoms with Crippen molar-refractivity contribution in [3.8, 4) is 6.07 Å². The maximum absolute atomic E-state index is 13.2. The van der Waals surface area contributed by atoms with E-state index in [1.54, 1.807) is 0 Å². The van der Waals surface area contributed by atoms with Gasteiger partial charge in [0.15, 0.2) is 0 Å². The molecule has 3 aromatic rings. The van der Waals surface area contributed by atoms with Gasteiger partial charge in [-0.3, -0.25) is 4.79 Å². The average Bonchev–Trinajstić information content (AvgIpc) is 3.17. The maximum atomic E-state index is 13.2. The number of hydrogen-bond donors (Lipinski definition) is 1. The van der Waals surface area contributed by atoms with Gasteiger partial charge in [-0.25, -0.2) is 4.98 Å². The summed E-state index contributed by atoms with van der Waals surface area (Å²) in [4.78, 5) is 19.5. The van der Waals surface area contributed by atoms with E-state index in [1.165, 1.54) is 0 Å². The monoisotopic (exact) mass is 491 g/mol. The number of likely N-dealkylation sites (tertiary alicyclic amines) is 1. The van der Waals surface area contributed by atoms with Gasteiger partial charge >= 0.3 is 0 Å². The minimum absolute atomic E-state index is 0.167. The number of carbonyl (C=O) groups is 1. The summed E-state index contributed by atoms with van der Waals surface area (Å²) in [6, 6.07) is 17.7. The van der Waals surface area contributed by atoms with Crippen LogP contribution in [0.4, 0.5) is 0 Å². The van der Waals surface area contributed by atoms with E-state index >= 15 is 0 Å². The lowest BCUT2D eigenvalue weighted by molar-refractivity contribution is -0.133. The molecular weight excluding hydrogens is 466 g/mol. The van der Waals surface area contributed by atoms with Crippen LogP contribution >= 0.6 is 15.9 Å². The minimum Gasteiger partial charge on any atom is -0.337 e. The SMILES string of the molecule is N#Cc1ccc(Cn2cncc2CN[C@H]2CCCCN(Cc3cccc(Br)c3)C2=O)cc1. The second kappa shape index (κ2) is 10.6. The van der Waals surface area contributed by atoms with Crippen molar-refractivity contribution in [2.75, 3.05) is 6.54 Å². The molecule has 1 aliphatic heterocycles. The second-order valence-electron chi connectivity index (χ2n) is 8.14. The smallest absolute Gasteiger partial charge is 0.240 e. The molecule has 1 saturated heterocycles. The van der Waals surface area contributed by atoms with E-state index in [4.69, 9.17) is 5.26 Å². The van der Waals surface area contributed by atoms with Crippen molar-refractivity contribution in [2.24, 2.45) is 0 Å². The summed E-state index contributed by atoms with van der Waals surface area (Å²) in [6.07, 6.45) is 6.55. The van der Waals surface area contributed by atoms with Gasteiger partial charge in [0.2, 0.25) is 5.91 Å². The number of amides is 1. The molecule has 6 nitrogen and oxygen atoms in total. The molecular formula is C25H26BrN5O. The number of imidazole rings is 1. The Morgan fingerprint density at radius 2 is 1.97 bits per heavy atom. The fraction of sp³-hybridized carbons (Fsp3) is 0.320. The summed E-state index contributed by atoms with van der Waals surface area (Å²) in [7, 11) is 0. The Labute approximate surface area is 197 Å². The van der Waals surface area contributed by atoms with Crippen LogP contribution in [0.25, 0.3) is 0 Å². The van der Waals surface area contributed by atoms with Crippen LogP contribution in [0.1, 0.15) is 41.6 Å². The molecule has 0 aliphatic carbocycles. The Morgan fingerprint density at radius 1 is 1.12 bits per heavy atom. The molecule has 4 rings (SSSR count). The molecule has 0 radical (unpaired) electrons. The number of rotatable bonds is 7.